The third-order valence-electron chi connectivity index (χ3n) is 6.44. The van der Waals surface area contributed by atoms with Gasteiger partial charge in [0.25, 0.3) is 0 Å². The van der Waals surface area contributed by atoms with Crippen molar-refractivity contribution in [2.75, 3.05) is 6.54 Å². The number of rotatable bonds is 13. The fourth-order valence-corrected chi connectivity index (χ4v) is 4.46. The molecule has 210 valence electrons. The van der Waals surface area contributed by atoms with Crippen LogP contribution in [0.2, 0.25) is 0 Å². The summed E-state index contributed by atoms with van der Waals surface area (Å²) in [6.07, 6.45) is 3.43. The van der Waals surface area contributed by atoms with Crippen molar-refractivity contribution < 1.29 is 19.1 Å². The lowest BCUT2D eigenvalue weighted by Gasteiger charge is -2.39. The van der Waals surface area contributed by atoms with E-state index in [9.17, 15) is 14.4 Å². The molecule has 0 heterocycles. The number of carbonyl (C=O) groups excluding carboxylic acids is 3. The number of hydrogen-bond donors (Lipinski definition) is 2. The largest absolute Gasteiger partial charge is 0.444 e. The quantitative estimate of drug-likeness (QED) is 0.304. The minimum absolute atomic E-state index is 0.143. The molecule has 0 aliphatic heterocycles. The number of nitrogens with zero attached hydrogens (tertiary/aromatic N) is 1. The Kier molecular flexibility index (Phi) is 13.2. The lowest BCUT2D eigenvalue weighted by Crippen LogP contribution is -2.56. The van der Waals surface area contributed by atoms with Crippen LogP contribution >= 0.6 is 0 Å². The zero-order valence-electron chi connectivity index (χ0n) is 24.9. The molecule has 0 aliphatic carbocycles. The maximum atomic E-state index is 14.3. The number of nitrogens with one attached hydrogen (secondary N) is 2. The second-order valence-electron chi connectivity index (χ2n) is 11.5. The zero-order valence-corrected chi connectivity index (χ0v) is 24.9. The first-order chi connectivity index (χ1) is 17.2. The molecule has 3 amide bonds. The number of unbranched alkanes of at least 4 members (excludes halogenated alkanes) is 2. The maximum Gasteiger partial charge on any atom is 0.408 e. The number of benzene rings is 1. The van der Waals surface area contributed by atoms with Crippen molar-refractivity contribution in [2.24, 2.45) is 5.92 Å². The topological polar surface area (TPSA) is 87.7 Å². The van der Waals surface area contributed by atoms with Gasteiger partial charge < -0.3 is 20.3 Å². The highest BCUT2D eigenvalue weighted by molar-refractivity contribution is 5.92. The highest BCUT2D eigenvalue weighted by Gasteiger charge is 2.39. The molecular formula is C30H51N3O4. The van der Waals surface area contributed by atoms with Gasteiger partial charge in [-0.1, -0.05) is 58.7 Å². The number of ether oxygens (including phenoxy) is 1. The summed E-state index contributed by atoms with van der Waals surface area (Å²) in [5.74, 6) is -0.322. The number of amides is 3. The molecule has 0 bridgehead atoms. The van der Waals surface area contributed by atoms with Crippen LogP contribution in [0.25, 0.3) is 0 Å². The second-order valence-corrected chi connectivity index (χ2v) is 11.5. The highest BCUT2D eigenvalue weighted by atomic mass is 16.6. The molecule has 2 N–H and O–H groups in total. The molecule has 3 atom stereocenters. The lowest BCUT2D eigenvalue weighted by atomic mass is 9.91. The van der Waals surface area contributed by atoms with Crippen molar-refractivity contribution in [3.8, 4) is 0 Å². The number of hydrogen-bond acceptors (Lipinski definition) is 4. The van der Waals surface area contributed by atoms with Crippen LogP contribution in [0.4, 0.5) is 4.79 Å². The average Bonchev–Trinajstić information content (AvgIpc) is 2.78. The molecule has 1 aromatic carbocycles. The summed E-state index contributed by atoms with van der Waals surface area (Å²) in [5, 5.41) is 5.91. The van der Waals surface area contributed by atoms with Crippen LogP contribution in [0.5, 0.6) is 0 Å². The van der Waals surface area contributed by atoms with Gasteiger partial charge >= 0.3 is 6.09 Å². The minimum Gasteiger partial charge on any atom is -0.444 e. The first-order valence-electron chi connectivity index (χ1n) is 13.9. The summed E-state index contributed by atoms with van der Waals surface area (Å²) in [6.45, 7) is 20.0. The number of carbonyl (C=O) groups is 3. The van der Waals surface area contributed by atoms with Crippen LogP contribution in [0.15, 0.2) is 18.2 Å². The molecule has 1 aromatic rings. The van der Waals surface area contributed by atoms with Gasteiger partial charge in [0, 0.05) is 12.6 Å². The molecule has 1 rings (SSSR count). The molecule has 0 saturated carbocycles. The average molecular weight is 518 g/mol. The van der Waals surface area contributed by atoms with E-state index in [1.807, 2.05) is 59.7 Å². The van der Waals surface area contributed by atoms with Crippen molar-refractivity contribution in [3.05, 3.63) is 34.9 Å². The summed E-state index contributed by atoms with van der Waals surface area (Å²) in [7, 11) is 0. The van der Waals surface area contributed by atoms with E-state index in [2.05, 4.69) is 17.6 Å². The molecule has 0 aromatic heterocycles. The standard InChI is InChI=1S/C30H51N3O4/c1-11-13-14-18-31-27(34)26(25-21(5)16-15-17-22(25)6)33(23(7)12-2)28(35)24(19-20(3)4)32-29(36)37-30(8,9)10/h15-17,20,23-24,26H,11-14,18-19H2,1-10H3,(H,31,34)(H,32,36). The van der Waals surface area contributed by atoms with Gasteiger partial charge in [0.05, 0.1) is 0 Å². The van der Waals surface area contributed by atoms with Gasteiger partial charge in [-0.15, -0.1) is 0 Å². The molecule has 0 fully saturated rings. The monoisotopic (exact) mass is 517 g/mol. The van der Waals surface area contributed by atoms with E-state index in [-0.39, 0.29) is 23.8 Å². The normalized spacial score (nSPS) is 14.0. The number of aryl methyl sites for hydroxylation is 2. The van der Waals surface area contributed by atoms with E-state index in [0.717, 1.165) is 36.0 Å². The molecule has 0 aliphatic rings. The van der Waals surface area contributed by atoms with Crippen LogP contribution in [-0.2, 0) is 14.3 Å². The van der Waals surface area contributed by atoms with Crippen molar-refractivity contribution in [1.29, 1.82) is 0 Å². The Morgan fingerprint density at radius 1 is 1.00 bits per heavy atom. The van der Waals surface area contributed by atoms with Gasteiger partial charge in [0.1, 0.15) is 17.7 Å². The van der Waals surface area contributed by atoms with Gasteiger partial charge in [-0.3, -0.25) is 9.59 Å². The Hall–Kier alpha value is -2.57. The first kappa shape index (κ1) is 32.5. The van der Waals surface area contributed by atoms with E-state index >= 15 is 0 Å². The molecule has 37 heavy (non-hydrogen) atoms. The number of alkyl carbamates (subject to hydrolysis) is 1. The summed E-state index contributed by atoms with van der Waals surface area (Å²) in [4.78, 5) is 42.5. The lowest BCUT2D eigenvalue weighted by molar-refractivity contribution is -0.145. The molecule has 0 spiro atoms. The summed E-state index contributed by atoms with van der Waals surface area (Å²) in [5.41, 5.74) is 2.06. The molecule has 0 saturated heterocycles. The van der Waals surface area contributed by atoms with Crippen LogP contribution < -0.4 is 10.6 Å². The molecular weight excluding hydrogens is 466 g/mol. The Labute approximate surface area is 225 Å². The van der Waals surface area contributed by atoms with Crippen molar-refractivity contribution in [3.63, 3.8) is 0 Å². The van der Waals surface area contributed by atoms with Crippen LogP contribution in [0.3, 0.4) is 0 Å². The third-order valence-corrected chi connectivity index (χ3v) is 6.44. The van der Waals surface area contributed by atoms with E-state index in [4.69, 9.17) is 4.74 Å². The summed E-state index contributed by atoms with van der Waals surface area (Å²) < 4.78 is 5.47. The smallest absolute Gasteiger partial charge is 0.408 e. The minimum atomic E-state index is -0.816. The SMILES string of the molecule is CCCCCNC(=O)C(c1c(C)cccc1C)N(C(=O)C(CC(C)C)NC(=O)OC(C)(C)C)C(C)CC. The first-order valence-corrected chi connectivity index (χ1v) is 13.9. The maximum absolute atomic E-state index is 14.3. The Morgan fingerprint density at radius 3 is 2.08 bits per heavy atom. The van der Waals surface area contributed by atoms with E-state index in [1.165, 1.54) is 0 Å². The Balaban J connectivity index is 3.56. The second kappa shape index (κ2) is 15.0. The molecule has 3 unspecified atom stereocenters. The molecule has 7 nitrogen and oxygen atoms in total. The highest BCUT2D eigenvalue weighted by Crippen LogP contribution is 2.31. The van der Waals surface area contributed by atoms with Crippen LogP contribution in [0.1, 0.15) is 110 Å². The molecule has 7 heteroatoms. The Bertz CT molecular complexity index is 871. The van der Waals surface area contributed by atoms with Crippen LogP contribution in [0, 0.1) is 19.8 Å². The van der Waals surface area contributed by atoms with Crippen molar-refractivity contribution in [2.45, 2.75) is 125 Å². The fraction of sp³-hybridized carbons (Fsp3) is 0.700. The summed E-state index contributed by atoms with van der Waals surface area (Å²) >= 11 is 0. The van der Waals surface area contributed by atoms with E-state index in [1.54, 1.807) is 25.7 Å². The van der Waals surface area contributed by atoms with Gasteiger partial charge in [0.2, 0.25) is 11.8 Å². The van der Waals surface area contributed by atoms with E-state index < -0.39 is 23.8 Å². The van der Waals surface area contributed by atoms with Crippen LogP contribution in [-0.4, -0.2) is 47.0 Å². The van der Waals surface area contributed by atoms with Gasteiger partial charge in [-0.25, -0.2) is 4.79 Å². The third kappa shape index (κ3) is 10.4. The fourth-order valence-electron chi connectivity index (χ4n) is 4.46. The Morgan fingerprint density at radius 2 is 1.59 bits per heavy atom. The summed E-state index contributed by atoms with van der Waals surface area (Å²) in [6, 6.07) is 4.07. The van der Waals surface area contributed by atoms with Gasteiger partial charge in [0.15, 0.2) is 0 Å². The van der Waals surface area contributed by atoms with Crippen molar-refractivity contribution in [1.82, 2.24) is 15.5 Å². The van der Waals surface area contributed by atoms with Gasteiger partial charge in [-0.2, -0.15) is 0 Å². The zero-order chi connectivity index (χ0) is 28.3. The van der Waals surface area contributed by atoms with Crippen molar-refractivity contribution >= 4 is 17.9 Å². The predicted octanol–water partition coefficient (Wildman–Crippen LogP) is 6.22. The molecule has 0 radical (unpaired) electrons. The van der Waals surface area contributed by atoms with E-state index in [0.29, 0.717) is 19.4 Å². The van der Waals surface area contributed by atoms with Gasteiger partial charge in [-0.05, 0) is 83.4 Å². The predicted molar refractivity (Wildman–Crippen MR) is 150 cm³/mol.